The summed E-state index contributed by atoms with van der Waals surface area (Å²) < 4.78 is 6.66. The molecule has 1 aromatic rings. The highest BCUT2D eigenvalue weighted by Gasteiger charge is 2.11. The minimum absolute atomic E-state index is 0.348. The lowest BCUT2D eigenvalue weighted by Gasteiger charge is -2.06. The molecule has 5 heteroatoms. The van der Waals surface area contributed by atoms with Crippen LogP contribution in [0.3, 0.4) is 0 Å². The number of esters is 1. The van der Waals surface area contributed by atoms with Crippen molar-refractivity contribution in [2.45, 2.75) is 6.92 Å². The van der Waals surface area contributed by atoms with Crippen LogP contribution in [0, 0.1) is 18.5 Å². The van der Waals surface area contributed by atoms with Crippen molar-refractivity contribution in [2.24, 2.45) is 0 Å². The summed E-state index contributed by atoms with van der Waals surface area (Å²) in [6.45, 7) is 1.31. The molecule has 0 saturated heterocycles. The van der Waals surface area contributed by atoms with Crippen LogP contribution in [0.1, 0.15) is 12.5 Å². The first-order valence-corrected chi connectivity index (χ1v) is 5.78. The van der Waals surface area contributed by atoms with Gasteiger partial charge in [-0.1, -0.05) is 0 Å². The van der Waals surface area contributed by atoms with E-state index in [4.69, 9.17) is 10.00 Å². The molecule has 72 valence electrons. The molecule has 0 unspecified atom stereocenters. The number of ether oxygens (including phenoxy) is 1. The molecule has 0 fully saturated rings. The molecule has 0 aliphatic heterocycles. The molecule has 0 bridgehead atoms. The van der Waals surface area contributed by atoms with Crippen LogP contribution in [0.25, 0.3) is 0 Å². The van der Waals surface area contributed by atoms with E-state index in [1.54, 1.807) is 6.07 Å². The molecule has 0 atom stereocenters. The first-order valence-electron chi connectivity index (χ1n) is 3.62. The van der Waals surface area contributed by atoms with Crippen LogP contribution in [0.2, 0.25) is 0 Å². The van der Waals surface area contributed by atoms with E-state index in [0.29, 0.717) is 11.3 Å². The fourth-order valence-electron chi connectivity index (χ4n) is 0.891. The summed E-state index contributed by atoms with van der Waals surface area (Å²) in [5.41, 5.74) is 0.386. The molecule has 0 aliphatic carbocycles. The SMILES string of the molecule is CC(=O)Oc1c(I)cc(I)cc1C#N. The van der Waals surface area contributed by atoms with Gasteiger partial charge in [0.05, 0.1) is 9.13 Å². The first kappa shape index (κ1) is 11.7. The summed E-state index contributed by atoms with van der Waals surface area (Å²) in [5, 5.41) is 8.83. The third-order valence-corrected chi connectivity index (χ3v) is 2.80. The van der Waals surface area contributed by atoms with Gasteiger partial charge >= 0.3 is 5.97 Å². The van der Waals surface area contributed by atoms with Crippen LogP contribution in [0.5, 0.6) is 5.75 Å². The van der Waals surface area contributed by atoms with Crippen LogP contribution in [0.4, 0.5) is 0 Å². The number of benzene rings is 1. The van der Waals surface area contributed by atoms with E-state index in [9.17, 15) is 4.79 Å². The van der Waals surface area contributed by atoms with Crippen molar-refractivity contribution in [3.63, 3.8) is 0 Å². The number of carbonyl (C=O) groups is 1. The summed E-state index contributed by atoms with van der Waals surface area (Å²) >= 11 is 4.14. The lowest BCUT2D eigenvalue weighted by atomic mass is 10.2. The predicted octanol–water partition coefficient (Wildman–Crippen LogP) is 2.69. The van der Waals surface area contributed by atoms with Gasteiger partial charge in [-0.2, -0.15) is 5.26 Å². The molecule has 1 aromatic carbocycles. The van der Waals surface area contributed by atoms with Crippen LogP contribution < -0.4 is 4.74 Å². The number of nitrogens with zero attached hydrogens (tertiary/aromatic N) is 1. The highest BCUT2D eigenvalue weighted by molar-refractivity contribution is 14.1. The van der Waals surface area contributed by atoms with Crippen molar-refractivity contribution in [3.8, 4) is 11.8 Å². The summed E-state index contributed by atoms with van der Waals surface area (Å²) in [7, 11) is 0. The van der Waals surface area contributed by atoms with Gasteiger partial charge in [-0.25, -0.2) is 0 Å². The second kappa shape index (κ2) is 4.93. The fourth-order valence-corrected chi connectivity index (χ4v) is 2.85. The summed E-state index contributed by atoms with van der Waals surface area (Å²) in [4.78, 5) is 10.8. The third kappa shape index (κ3) is 2.81. The van der Waals surface area contributed by atoms with Crippen molar-refractivity contribution >= 4 is 51.2 Å². The van der Waals surface area contributed by atoms with Gasteiger partial charge in [0.15, 0.2) is 5.75 Å². The Morgan fingerprint density at radius 1 is 1.50 bits per heavy atom. The zero-order valence-electron chi connectivity index (χ0n) is 7.17. The Labute approximate surface area is 109 Å². The third-order valence-electron chi connectivity index (χ3n) is 1.37. The summed E-state index contributed by atoms with van der Waals surface area (Å²) in [5.74, 6) is -0.0679. The molecule has 0 heterocycles. The summed E-state index contributed by atoms with van der Waals surface area (Å²) in [6, 6.07) is 5.52. The molecule has 0 aliphatic rings. The maximum Gasteiger partial charge on any atom is 0.308 e. The summed E-state index contributed by atoms with van der Waals surface area (Å²) in [6.07, 6.45) is 0. The molecule has 0 amide bonds. The van der Waals surface area contributed by atoms with Gasteiger partial charge in [0, 0.05) is 10.5 Å². The predicted molar refractivity (Wildman–Crippen MR) is 67.9 cm³/mol. The standard InChI is InChI=1S/C9H5I2NO2/c1-5(13)14-9-6(4-12)2-7(10)3-8(9)11/h2-3H,1H3. The molecule has 0 saturated carbocycles. The first-order chi connectivity index (χ1) is 6.54. The number of carbonyl (C=O) groups excluding carboxylic acids is 1. The molecule has 14 heavy (non-hydrogen) atoms. The number of rotatable bonds is 1. The van der Waals surface area contributed by atoms with Crippen LogP contribution in [-0.4, -0.2) is 5.97 Å². The van der Waals surface area contributed by atoms with Gasteiger partial charge in [-0.15, -0.1) is 0 Å². The minimum atomic E-state index is -0.416. The van der Waals surface area contributed by atoms with Gasteiger partial charge in [-0.3, -0.25) is 4.79 Å². The van der Waals surface area contributed by atoms with E-state index in [1.165, 1.54) is 6.92 Å². The molecule has 3 nitrogen and oxygen atoms in total. The molecule has 0 spiro atoms. The Balaban J connectivity index is 3.27. The van der Waals surface area contributed by atoms with E-state index in [0.717, 1.165) is 7.14 Å². The van der Waals surface area contributed by atoms with Crippen molar-refractivity contribution in [1.29, 1.82) is 5.26 Å². The van der Waals surface area contributed by atoms with Crippen LogP contribution in [0.15, 0.2) is 12.1 Å². The van der Waals surface area contributed by atoms with E-state index in [-0.39, 0.29) is 0 Å². The van der Waals surface area contributed by atoms with Gasteiger partial charge < -0.3 is 4.74 Å². The molecular formula is C9H5I2NO2. The quantitative estimate of drug-likeness (QED) is 0.405. The number of halogens is 2. The van der Waals surface area contributed by atoms with Crippen molar-refractivity contribution in [2.75, 3.05) is 0 Å². The number of hydrogen-bond donors (Lipinski definition) is 0. The Kier molecular flexibility index (Phi) is 4.12. The van der Waals surface area contributed by atoms with Crippen molar-refractivity contribution in [1.82, 2.24) is 0 Å². The Bertz CT molecular complexity index is 424. The minimum Gasteiger partial charge on any atom is -0.424 e. The average molecular weight is 413 g/mol. The highest BCUT2D eigenvalue weighted by atomic mass is 127. The van der Waals surface area contributed by atoms with E-state index in [2.05, 4.69) is 22.6 Å². The van der Waals surface area contributed by atoms with Gasteiger partial charge in [0.25, 0.3) is 0 Å². The average Bonchev–Trinajstić information content (AvgIpc) is 2.08. The molecule has 1 rings (SSSR count). The zero-order valence-corrected chi connectivity index (χ0v) is 11.5. The number of hydrogen-bond acceptors (Lipinski definition) is 3. The second-order valence-corrected chi connectivity index (χ2v) is 4.88. The molecular weight excluding hydrogens is 408 g/mol. The topological polar surface area (TPSA) is 50.1 Å². The largest absolute Gasteiger partial charge is 0.424 e. The normalized spacial score (nSPS) is 9.29. The van der Waals surface area contributed by atoms with Crippen LogP contribution in [-0.2, 0) is 4.79 Å². The Morgan fingerprint density at radius 3 is 2.64 bits per heavy atom. The van der Waals surface area contributed by atoms with E-state index < -0.39 is 5.97 Å². The Morgan fingerprint density at radius 2 is 2.14 bits per heavy atom. The van der Waals surface area contributed by atoms with Gasteiger partial charge in [0.2, 0.25) is 0 Å². The van der Waals surface area contributed by atoms with Gasteiger partial charge in [0.1, 0.15) is 6.07 Å². The smallest absolute Gasteiger partial charge is 0.308 e. The maximum atomic E-state index is 10.8. The molecule has 0 radical (unpaired) electrons. The Hall–Kier alpha value is -0.360. The van der Waals surface area contributed by atoms with Crippen LogP contribution >= 0.6 is 45.2 Å². The lowest BCUT2D eigenvalue weighted by Crippen LogP contribution is -2.05. The lowest BCUT2D eigenvalue weighted by molar-refractivity contribution is -0.131. The zero-order chi connectivity index (χ0) is 10.7. The highest BCUT2D eigenvalue weighted by Crippen LogP contribution is 2.27. The number of nitriles is 1. The second-order valence-electron chi connectivity index (χ2n) is 2.47. The van der Waals surface area contributed by atoms with Crippen molar-refractivity contribution < 1.29 is 9.53 Å². The van der Waals surface area contributed by atoms with Gasteiger partial charge in [-0.05, 0) is 57.3 Å². The van der Waals surface area contributed by atoms with E-state index in [1.807, 2.05) is 34.7 Å². The fraction of sp³-hybridized carbons (Fsp3) is 0.111. The molecule has 0 aromatic heterocycles. The maximum absolute atomic E-state index is 10.8. The van der Waals surface area contributed by atoms with E-state index >= 15 is 0 Å². The van der Waals surface area contributed by atoms with Crippen molar-refractivity contribution in [3.05, 3.63) is 24.8 Å². The monoisotopic (exact) mass is 413 g/mol. The molecule has 0 N–H and O–H groups in total.